The third-order valence-corrected chi connectivity index (χ3v) is 3.43. The third kappa shape index (κ3) is 2.81. The molecular formula is C16H17N3. The van der Waals surface area contributed by atoms with Crippen molar-refractivity contribution in [2.75, 3.05) is 0 Å². The number of benzene rings is 2. The quantitative estimate of drug-likeness (QED) is 0.705. The van der Waals surface area contributed by atoms with E-state index in [0.29, 0.717) is 0 Å². The summed E-state index contributed by atoms with van der Waals surface area (Å²) in [6.07, 6.45) is 4.60. The van der Waals surface area contributed by atoms with Gasteiger partial charge in [-0.3, -0.25) is 0 Å². The smallest absolute Gasteiger partial charge is 0.116 e. The number of nitrogens with one attached hydrogen (secondary N) is 1. The summed E-state index contributed by atoms with van der Waals surface area (Å²) in [7, 11) is 0. The number of hydrogen-bond donors (Lipinski definition) is 1. The Labute approximate surface area is 112 Å². The summed E-state index contributed by atoms with van der Waals surface area (Å²) in [6.45, 7) is 0. The highest BCUT2D eigenvalue weighted by Crippen LogP contribution is 2.16. The van der Waals surface area contributed by atoms with Crippen LogP contribution >= 0.6 is 0 Å². The number of aromatic amines is 1. The number of H-pyrrole nitrogens is 1. The summed E-state index contributed by atoms with van der Waals surface area (Å²) in [4.78, 5) is 0. The zero-order valence-corrected chi connectivity index (χ0v) is 10.8. The molecule has 0 radical (unpaired) electrons. The highest BCUT2D eigenvalue weighted by Gasteiger charge is 2.04. The van der Waals surface area contributed by atoms with Crippen LogP contribution < -0.4 is 0 Å². The molecule has 3 rings (SSSR count). The molecule has 0 saturated heterocycles. The Balaban J connectivity index is 1.57. The van der Waals surface area contributed by atoms with Crippen LogP contribution in [0.3, 0.4) is 0 Å². The lowest BCUT2D eigenvalue weighted by Crippen LogP contribution is -1.90. The Bertz CT molecular complexity index is 643. The van der Waals surface area contributed by atoms with Gasteiger partial charge >= 0.3 is 0 Å². The van der Waals surface area contributed by atoms with Crippen molar-refractivity contribution in [1.82, 2.24) is 15.4 Å². The molecule has 1 N–H and O–H groups in total. The van der Waals surface area contributed by atoms with E-state index in [1.807, 2.05) is 6.07 Å². The summed E-state index contributed by atoms with van der Waals surface area (Å²) in [6, 6.07) is 16.8. The number of rotatable bonds is 5. The van der Waals surface area contributed by atoms with Gasteiger partial charge in [0.15, 0.2) is 0 Å². The van der Waals surface area contributed by atoms with Crippen molar-refractivity contribution in [1.29, 1.82) is 0 Å². The summed E-state index contributed by atoms with van der Waals surface area (Å²) in [5.41, 5.74) is 4.68. The number of aryl methyl sites for hydroxylation is 2. The average molecular weight is 251 g/mol. The highest BCUT2D eigenvalue weighted by molar-refractivity contribution is 5.77. The van der Waals surface area contributed by atoms with Crippen LogP contribution in [0.5, 0.6) is 0 Å². The van der Waals surface area contributed by atoms with Crippen molar-refractivity contribution in [3.63, 3.8) is 0 Å². The second-order valence-electron chi connectivity index (χ2n) is 4.80. The van der Waals surface area contributed by atoms with E-state index in [0.717, 1.165) is 23.9 Å². The zero-order valence-electron chi connectivity index (χ0n) is 10.8. The largest absolute Gasteiger partial charge is 0.197 e. The van der Waals surface area contributed by atoms with Gasteiger partial charge in [-0.25, -0.2) is 0 Å². The van der Waals surface area contributed by atoms with Gasteiger partial charge in [0, 0.05) is 0 Å². The molecule has 3 heteroatoms. The molecular weight excluding hydrogens is 234 g/mol. The number of hydrogen-bond acceptors (Lipinski definition) is 2. The molecule has 3 aromatic rings. The maximum Gasteiger partial charge on any atom is 0.116 e. The van der Waals surface area contributed by atoms with E-state index < -0.39 is 0 Å². The molecule has 96 valence electrons. The van der Waals surface area contributed by atoms with Gasteiger partial charge in [0.25, 0.3) is 0 Å². The predicted molar refractivity (Wildman–Crippen MR) is 77.0 cm³/mol. The van der Waals surface area contributed by atoms with Crippen molar-refractivity contribution in [2.45, 2.75) is 25.7 Å². The van der Waals surface area contributed by atoms with Crippen LogP contribution in [0.25, 0.3) is 11.0 Å². The van der Waals surface area contributed by atoms with Crippen LogP contribution in [-0.2, 0) is 12.8 Å². The topological polar surface area (TPSA) is 41.6 Å². The first-order valence-corrected chi connectivity index (χ1v) is 6.76. The average Bonchev–Trinajstić information content (AvgIpc) is 2.94. The lowest BCUT2D eigenvalue weighted by atomic mass is 10.0. The number of fused-ring (bicyclic) bond motifs is 1. The van der Waals surface area contributed by atoms with Crippen LogP contribution in [0.4, 0.5) is 0 Å². The number of para-hydroxylation sites is 1. The van der Waals surface area contributed by atoms with Gasteiger partial charge in [-0.1, -0.05) is 42.5 Å². The minimum absolute atomic E-state index is 0.959. The molecule has 1 heterocycles. The molecule has 0 fully saturated rings. The molecule has 1 aromatic heterocycles. The maximum absolute atomic E-state index is 4.22. The molecule has 2 aromatic carbocycles. The minimum atomic E-state index is 0.959. The molecule has 0 unspecified atom stereocenters. The fraction of sp³-hybridized carbons (Fsp3) is 0.250. The van der Waals surface area contributed by atoms with Crippen LogP contribution in [0.15, 0.2) is 48.5 Å². The van der Waals surface area contributed by atoms with Crippen molar-refractivity contribution < 1.29 is 0 Å². The zero-order chi connectivity index (χ0) is 12.9. The lowest BCUT2D eigenvalue weighted by Gasteiger charge is -2.03. The second-order valence-corrected chi connectivity index (χ2v) is 4.80. The molecule has 0 aliphatic carbocycles. The Morgan fingerprint density at radius 2 is 1.63 bits per heavy atom. The monoisotopic (exact) mass is 251 g/mol. The van der Waals surface area contributed by atoms with Gasteiger partial charge in [0.1, 0.15) is 11.0 Å². The molecule has 0 spiro atoms. The van der Waals surface area contributed by atoms with Gasteiger partial charge < -0.3 is 0 Å². The molecule has 0 atom stereocenters. The number of aromatic nitrogens is 3. The molecule has 19 heavy (non-hydrogen) atoms. The Kier molecular flexibility index (Phi) is 3.54. The molecule has 0 saturated carbocycles. The molecule has 3 nitrogen and oxygen atoms in total. The lowest BCUT2D eigenvalue weighted by molar-refractivity contribution is 0.736. The molecule has 0 amide bonds. The fourth-order valence-corrected chi connectivity index (χ4v) is 2.42. The van der Waals surface area contributed by atoms with E-state index in [9.17, 15) is 0 Å². The van der Waals surface area contributed by atoms with Gasteiger partial charge in [-0.15, -0.1) is 0 Å². The predicted octanol–water partition coefficient (Wildman–Crippen LogP) is 3.52. The van der Waals surface area contributed by atoms with E-state index in [1.54, 1.807) is 0 Å². The van der Waals surface area contributed by atoms with E-state index in [-0.39, 0.29) is 0 Å². The summed E-state index contributed by atoms with van der Waals surface area (Å²) >= 11 is 0. The first kappa shape index (κ1) is 11.9. The van der Waals surface area contributed by atoms with Crippen molar-refractivity contribution in [2.24, 2.45) is 0 Å². The summed E-state index contributed by atoms with van der Waals surface area (Å²) in [5.74, 6) is 0. The van der Waals surface area contributed by atoms with Gasteiger partial charge in [-0.2, -0.15) is 15.4 Å². The summed E-state index contributed by atoms with van der Waals surface area (Å²) in [5, 5.41) is 11.0. The van der Waals surface area contributed by atoms with Gasteiger partial charge in [-0.05, 0) is 42.9 Å². The third-order valence-electron chi connectivity index (χ3n) is 3.43. The Morgan fingerprint density at radius 1 is 0.789 bits per heavy atom. The SMILES string of the molecule is c1ccc(CCCCc2cccc3n[nH]nc23)cc1. The number of unbranched alkanes of at least 4 members (excludes halogenated alkanes) is 1. The first-order chi connectivity index (χ1) is 9.43. The first-order valence-electron chi connectivity index (χ1n) is 6.76. The fourth-order valence-electron chi connectivity index (χ4n) is 2.42. The van der Waals surface area contributed by atoms with Crippen LogP contribution in [0.2, 0.25) is 0 Å². The highest BCUT2D eigenvalue weighted by atomic mass is 15.3. The second kappa shape index (κ2) is 5.65. The van der Waals surface area contributed by atoms with E-state index in [2.05, 4.69) is 57.9 Å². The van der Waals surface area contributed by atoms with Crippen molar-refractivity contribution in [3.8, 4) is 0 Å². The van der Waals surface area contributed by atoms with Gasteiger partial charge in [0.05, 0.1) is 0 Å². The van der Waals surface area contributed by atoms with E-state index in [4.69, 9.17) is 0 Å². The normalized spacial score (nSPS) is 10.9. The van der Waals surface area contributed by atoms with E-state index in [1.165, 1.54) is 24.0 Å². The van der Waals surface area contributed by atoms with Crippen LogP contribution in [-0.4, -0.2) is 15.4 Å². The number of nitrogens with zero attached hydrogens (tertiary/aromatic N) is 2. The Hall–Kier alpha value is -2.16. The summed E-state index contributed by atoms with van der Waals surface area (Å²) < 4.78 is 0. The molecule has 0 bridgehead atoms. The van der Waals surface area contributed by atoms with E-state index >= 15 is 0 Å². The molecule has 0 aliphatic rings. The molecule has 0 aliphatic heterocycles. The minimum Gasteiger partial charge on any atom is -0.197 e. The van der Waals surface area contributed by atoms with Crippen LogP contribution in [0, 0.1) is 0 Å². The van der Waals surface area contributed by atoms with Gasteiger partial charge in [0.2, 0.25) is 0 Å². The standard InChI is InChI=1S/C16H17N3/c1-2-7-13(8-3-1)9-4-5-10-14-11-6-12-15-16(14)18-19-17-15/h1-3,6-8,11-12H,4-5,9-10H2,(H,17,18,19). The maximum atomic E-state index is 4.22. The Morgan fingerprint density at radius 3 is 2.53 bits per heavy atom. The van der Waals surface area contributed by atoms with Crippen molar-refractivity contribution in [3.05, 3.63) is 59.7 Å². The van der Waals surface area contributed by atoms with Crippen molar-refractivity contribution >= 4 is 11.0 Å². The van der Waals surface area contributed by atoms with Crippen LogP contribution in [0.1, 0.15) is 24.0 Å².